The van der Waals surface area contributed by atoms with Crippen molar-refractivity contribution in [2.45, 2.75) is 20.0 Å². The number of benzene rings is 1. The Kier molecular flexibility index (Phi) is 5.50. The number of nitrogens with two attached hydrogens (primary N) is 1. The molecule has 0 amide bonds. The highest BCUT2D eigenvalue weighted by Gasteiger charge is 2.33. The summed E-state index contributed by atoms with van der Waals surface area (Å²) in [5.41, 5.74) is 5.19. The molecule has 0 heterocycles. The van der Waals surface area contributed by atoms with Gasteiger partial charge in [0, 0.05) is 12.2 Å². The van der Waals surface area contributed by atoms with Crippen LogP contribution in [0, 0.1) is 11.8 Å². The first-order valence-electron chi connectivity index (χ1n) is 6.06. The molecule has 3 N–H and O–H groups in total. The normalized spacial score (nSPS) is 13.7. The van der Waals surface area contributed by atoms with Crippen molar-refractivity contribution in [1.29, 1.82) is 0 Å². The van der Waals surface area contributed by atoms with Crippen LogP contribution in [0.5, 0.6) is 0 Å². The van der Waals surface area contributed by atoms with Crippen molar-refractivity contribution in [1.82, 2.24) is 0 Å². The maximum absolute atomic E-state index is 12.7. The molecule has 0 fully saturated rings. The molecule has 0 aromatic heterocycles. The Morgan fingerprint density at radius 2 is 1.95 bits per heavy atom. The highest BCUT2D eigenvalue weighted by molar-refractivity contribution is 6.31. The van der Waals surface area contributed by atoms with Crippen molar-refractivity contribution in [3.8, 4) is 0 Å². The summed E-state index contributed by atoms with van der Waals surface area (Å²) in [5.74, 6) is 0.580. The zero-order chi connectivity index (χ0) is 14.6. The fourth-order valence-corrected chi connectivity index (χ4v) is 1.92. The van der Waals surface area contributed by atoms with Crippen LogP contribution >= 0.6 is 11.6 Å². The lowest BCUT2D eigenvalue weighted by Crippen LogP contribution is -2.27. The van der Waals surface area contributed by atoms with E-state index < -0.39 is 11.7 Å². The van der Waals surface area contributed by atoms with Gasteiger partial charge in [0.1, 0.15) is 0 Å². The second-order valence-corrected chi connectivity index (χ2v) is 5.22. The summed E-state index contributed by atoms with van der Waals surface area (Å²) in [4.78, 5) is 0. The lowest BCUT2D eigenvalue weighted by Gasteiger charge is -2.20. The number of hydrogen-bond acceptors (Lipinski definition) is 2. The van der Waals surface area contributed by atoms with Gasteiger partial charge >= 0.3 is 6.18 Å². The topological polar surface area (TPSA) is 38.0 Å². The van der Waals surface area contributed by atoms with Gasteiger partial charge in [0.05, 0.1) is 10.6 Å². The van der Waals surface area contributed by atoms with E-state index in [2.05, 4.69) is 5.32 Å². The van der Waals surface area contributed by atoms with Crippen LogP contribution in [0.1, 0.15) is 19.4 Å². The zero-order valence-corrected chi connectivity index (χ0v) is 11.6. The minimum atomic E-state index is -4.44. The van der Waals surface area contributed by atoms with Gasteiger partial charge in [-0.15, -0.1) is 0 Å². The number of alkyl halides is 3. The number of anilines is 1. The average molecular weight is 295 g/mol. The van der Waals surface area contributed by atoms with Crippen LogP contribution in [0.25, 0.3) is 0 Å². The molecule has 1 unspecified atom stereocenters. The second-order valence-electron chi connectivity index (χ2n) is 4.81. The summed E-state index contributed by atoms with van der Waals surface area (Å²) < 4.78 is 38.1. The summed E-state index contributed by atoms with van der Waals surface area (Å²) in [6.45, 7) is 5.09. The molecular formula is C13H18ClF3N2. The van der Waals surface area contributed by atoms with E-state index >= 15 is 0 Å². The fourth-order valence-electron chi connectivity index (χ4n) is 1.69. The summed E-state index contributed by atoms with van der Waals surface area (Å²) >= 11 is 5.55. The Morgan fingerprint density at radius 3 is 2.42 bits per heavy atom. The van der Waals surface area contributed by atoms with Gasteiger partial charge in [0.2, 0.25) is 0 Å². The third-order valence-electron chi connectivity index (χ3n) is 3.09. The van der Waals surface area contributed by atoms with E-state index in [-0.39, 0.29) is 10.9 Å². The molecule has 0 aliphatic rings. The number of rotatable bonds is 5. The molecule has 1 aromatic carbocycles. The van der Waals surface area contributed by atoms with Gasteiger partial charge in [-0.1, -0.05) is 25.4 Å². The third kappa shape index (κ3) is 4.58. The van der Waals surface area contributed by atoms with Crippen LogP contribution in [-0.4, -0.2) is 13.1 Å². The van der Waals surface area contributed by atoms with Gasteiger partial charge in [-0.2, -0.15) is 13.2 Å². The van der Waals surface area contributed by atoms with Crippen molar-refractivity contribution in [3.05, 3.63) is 28.8 Å². The molecule has 1 atom stereocenters. The van der Waals surface area contributed by atoms with Crippen molar-refractivity contribution in [2.24, 2.45) is 17.6 Å². The second kappa shape index (κ2) is 6.48. The molecule has 0 saturated heterocycles. The van der Waals surface area contributed by atoms with Crippen molar-refractivity contribution in [3.63, 3.8) is 0 Å². The molecule has 6 heteroatoms. The van der Waals surface area contributed by atoms with Crippen LogP contribution in [-0.2, 0) is 6.18 Å². The van der Waals surface area contributed by atoms with Crippen molar-refractivity contribution >= 4 is 17.3 Å². The standard InChI is InChI=1S/C13H18ClF3N2/c1-8(2)9(6-18)7-19-10-3-4-12(14)11(5-10)13(15,16)17/h3-5,8-9,19H,6-7,18H2,1-2H3. The first kappa shape index (κ1) is 16.1. The Labute approximate surface area is 116 Å². The van der Waals surface area contributed by atoms with E-state index in [4.69, 9.17) is 17.3 Å². The Balaban J connectivity index is 2.81. The maximum Gasteiger partial charge on any atom is 0.417 e. The minimum absolute atomic E-state index is 0.213. The van der Waals surface area contributed by atoms with Gasteiger partial charge in [-0.25, -0.2) is 0 Å². The summed E-state index contributed by atoms with van der Waals surface area (Å²) in [6.07, 6.45) is -4.44. The smallest absolute Gasteiger partial charge is 0.385 e. The number of halogens is 4. The fraction of sp³-hybridized carbons (Fsp3) is 0.538. The van der Waals surface area contributed by atoms with Gasteiger partial charge in [-0.05, 0) is 36.6 Å². The van der Waals surface area contributed by atoms with Gasteiger partial charge in [0.15, 0.2) is 0 Å². The molecule has 1 aromatic rings. The molecule has 0 bridgehead atoms. The van der Waals surface area contributed by atoms with E-state index in [0.717, 1.165) is 6.07 Å². The van der Waals surface area contributed by atoms with Crippen LogP contribution in [0.3, 0.4) is 0 Å². The van der Waals surface area contributed by atoms with Gasteiger partial charge < -0.3 is 11.1 Å². The molecule has 0 spiro atoms. The van der Waals surface area contributed by atoms with E-state index in [1.165, 1.54) is 12.1 Å². The van der Waals surface area contributed by atoms with Crippen molar-refractivity contribution in [2.75, 3.05) is 18.4 Å². The Bertz CT molecular complexity index is 419. The predicted molar refractivity (Wildman–Crippen MR) is 72.3 cm³/mol. The van der Waals surface area contributed by atoms with Gasteiger partial charge in [-0.3, -0.25) is 0 Å². The monoisotopic (exact) mass is 294 g/mol. The first-order chi connectivity index (χ1) is 8.75. The van der Waals surface area contributed by atoms with Crippen LogP contribution in [0.15, 0.2) is 18.2 Å². The van der Waals surface area contributed by atoms with E-state index in [1.54, 1.807) is 0 Å². The number of nitrogens with one attached hydrogen (secondary N) is 1. The predicted octanol–water partition coefficient (Wildman–Crippen LogP) is 4.00. The Hall–Kier alpha value is -0.940. The van der Waals surface area contributed by atoms with Crippen LogP contribution in [0.4, 0.5) is 18.9 Å². The van der Waals surface area contributed by atoms with E-state index in [0.29, 0.717) is 24.7 Å². The molecule has 0 radical (unpaired) electrons. The van der Waals surface area contributed by atoms with E-state index in [9.17, 15) is 13.2 Å². The molecule has 2 nitrogen and oxygen atoms in total. The van der Waals surface area contributed by atoms with Crippen LogP contribution in [0.2, 0.25) is 5.02 Å². The first-order valence-corrected chi connectivity index (χ1v) is 6.44. The Morgan fingerprint density at radius 1 is 1.32 bits per heavy atom. The minimum Gasteiger partial charge on any atom is -0.385 e. The quantitative estimate of drug-likeness (QED) is 0.861. The average Bonchev–Trinajstić information content (AvgIpc) is 2.30. The SMILES string of the molecule is CC(C)C(CN)CNc1ccc(Cl)c(C(F)(F)F)c1. The highest BCUT2D eigenvalue weighted by Crippen LogP contribution is 2.36. The molecule has 0 aliphatic carbocycles. The summed E-state index contributed by atoms with van der Waals surface area (Å²) in [5, 5.41) is 2.68. The van der Waals surface area contributed by atoms with Gasteiger partial charge in [0.25, 0.3) is 0 Å². The van der Waals surface area contributed by atoms with Crippen molar-refractivity contribution < 1.29 is 13.2 Å². The molecule has 108 valence electrons. The largest absolute Gasteiger partial charge is 0.417 e. The maximum atomic E-state index is 12.7. The lowest BCUT2D eigenvalue weighted by molar-refractivity contribution is -0.137. The molecule has 0 saturated carbocycles. The summed E-state index contributed by atoms with van der Waals surface area (Å²) in [7, 11) is 0. The molecule has 19 heavy (non-hydrogen) atoms. The molecular weight excluding hydrogens is 277 g/mol. The number of hydrogen-bond donors (Lipinski definition) is 2. The lowest BCUT2D eigenvalue weighted by atomic mass is 9.96. The molecule has 1 rings (SSSR count). The van der Waals surface area contributed by atoms with E-state index in [1.807, 2.05) is 13.8 Å². The van der Waals surface area contributed by atoms with Crippen LogP contribution < -0.4 is 11.1 Å². The summed E-state index contributed by atoms with van der Waals surface area (Å²) in [6, 6.07) is 3.81. The third-order valence-corrected chi connectivity index (χ3v) is 3.42. The highest BCUT2D eigenvalue weighted by atomic mass is 35.5. The molecule has 0 aliphatic heterocycles. The zero-order valence-electron chi connectivity index (χ0n) is 10.9.